The monoisotopic (exact) mass is 376 g/mol. The van der Waals surface area contributed by atoms with Crippen molar-refractivity contribution < 1.29 is 13.2 Å². The molecule has 0 heterocycles. The van der Waals surface area contributed by atoms with Crippen LogP contribution in [0.3, 0.4) is 0 Å². The van der Waals surface area contributed by atoms with Gasteiger partial charge in [0.2, 0.25) is 10.0 Å². The van der Waals surface area contributed by atoms with Gasteiger partial charge in [-0.1, -0.05) is 36.4 Å². The Morgan fingerprint density at radius 3 is 2.38 bits per heavy atom. The summed E-state index contributed by atoms with van der Waals surface area (Å²) >= 11 is 0. The van der Waals surface area contributed by atoms with E-state index in [4.69, 9.17) is 4.74 Å². The molecule has 3 N–H and O–H groups in total. The molecule has 0 fully saturated rings. The molecule has 0 radical (unpaired) electrons. The number of hydrogen-bond acceptors (Lipinski definition) is 4. The largest absolute Gasteiger partial charge is 0.496 e. The molecule has 0 spiro atoms. The lowest BCUT2D eigenvalue weighted by atomic mass is 10.2. The van der Waals surface area contributed by atoms with E-state index in [1.807, 2.05) is 24.3 Å². The molecule has 0 saturated heterocycles. The van der Waals surface area contributed by atoms with Gasteiger partial charge in [-0.3, -0.25) is 4.99 Å². The number of sulfonamides is 1. The third kappa shape index (κ3) is 5.75. The Labute approximate surface area is 154 Å². The second kappa shape index (κ2) is 9.79. The molecule has 2 rings (SSSR count). The maximum absolute atomic E-state index is 12.1. The van der Waals surface area contributed by atoms with Crippen LogP contribution in [-0.2, 0) is 16.6 Å². The van der Waals surface area contributed by atoms with E-state index >= 15 is 0 Å². The normalized spacial score (nSPS) is 11.8. The fraction of sp³-hybridized carbons (Fsp3) is 0.278. The molecular formula is C18H24N4O3S. The molecule has 2 aromatic rings. The van der Waals surface area contributed by atoms with Gasteiger partial charge in [-0.25, -0.2) is 13.1 Å². The molecule has 0 aliphatic heterocycles. The first kappa shape index (κ1) is 19.7. The minimum absolute atomic E-state index is 0.243. The van der Waals surface area contributed by atoms with Crippen LogP contribution < -0.4 is 20.1 Å². The molecule has 0 amide bonds. The Hall–Kier alpha value is -2.58. The lowest BCUT2D eigenvalue weighted by Crippen LogP contribution is -2.41. The molecule has 0 bridgehead atoms. The van der Waals surface area contributed by atoms with E-state index in [0.717, 1.165) is 11.3 Å². The van der Waals surface area contributed by atoms with E-state index in [0.29, 0.717) is 19.0 Å². The Morgan fingerprint density at radius 2 is 1.69 bits per heavy atom. The number of hydrogen-bond donors (Lipinski definition) is 3. The van der Waals surface area contributed by atoms with Crippen molar-refractivity contribution in [1.29, 1.82) is 0 Å². The number of para-hydroxylation sites is 1. The molecule has 0 saturated carbocycles. The summed E-state index contributed by atoms with van der Waals surface area (Å²) in [6.45, 7) is 1.18. The van der Waals surface area contributed by atoms with Crippen molar-refractivity contribution in [3.63, 3.8) is 0 Å². The molecule has 2 aromatic carbocycles. The lowest BCUT2D eigenvalue weighted by molar-refractivity contribution is 0.409. The van der Waals surface area contributed by atoms with Gasteiger partial charge >= 0.3 is 0 Å². The van der Waals surface area contributed by atoms with Crippen LogP contribution in [0.25, 0.3) is 0 Å². The number of nitrogens with one attached hydrogen (secondary N) is 3. The summed E-state index contributed by atoms with van der Waals surface area (Å²) in [4.78, 5) is 4.38. The van der Waals surface area contributed by atoms with Crippen molar-refractivity contribution in [2.24, 2.45) is 4.99 Å². The Bertz CT molecular complexity index is 823. The number of guanidine groups is 1. The van der Waals surface area contributed by atoms with Crippen LogP contribution in [0.4, 0.5) is 0 Å². The summed E-state index contributed by atoms with van der Waals surface area (Å²) in [6, 6.07) is 16.0. The predicted molar refractivity (Wildman–Crippen MR) is 103 cm³/mol. The maximum atomic E-state index is 12.1. The average Bonchev–Trinajstić information content (AvgIpc) is 2.68. The quantitative estimate of drug-likeness (QED) is 0.367. The number of ether oxygens (including phenoxy) is 1. The molecule has 8 heteroatoms. The zero-order valence-corrected chi connectivity index (χ0v) is 15.7. The van der Waals surface area contributed by atoms with Gasteiger partial charge in [0.25, 0.3) is 0 Å². The van der Waals surface area contributed by atoms with Gasteiger partial charge < -0.3 is 15.4 Å². The smallest absolute Gasteiger partial charge is 0.240 e. The third-order valence-corrected chi connectivity index (χ3v) is 5.10. The van der Waals surface area contributed by atoms with Crippen LogP contribution in [0.5, 0.6) is 5.75 Å². The van der Waals surface area contributed by atoms with E-state index in [1.165, 1.54) is 0 Å². The molecule has 0 aliphatic rings. The first-order valence-electron chi connectivity index (χ1n) is 8.18. The number of aliphatic imine (C=N–C) groups is 1. The van der Waals surface area contributed by atoms with E-state index in [9.17, 15) is 8.42 Å². The van der Waals surface area contributed by atoms with E-state index in [-0.39, 0.29) is 11.4 Å². The molecule has 140 valence electrons. The van der Waals surface area contributed by atoms with Crippen molar-refractivity contribution in [2.75, 3.05) is 27.2 Å². The van der Waals surface area contributed by atoms with Crippen LogP contribution in [-0.4, -0.2) is 41.6 Å². The highest BCUT2D eigenvalue weighted by Crippen LogP contribution is 2.16. The highest BCUT2D eigenvalue weighted by atomic mass is 32.2. The Balaban J connectivity index is 1.79. The molecular weight excluding hydrogens is 352 g/mol. The first-order valence-corrected chi connectivity index (χ1v) is 9.66. The van der Waals surface area contributed by atoms with Gasteiger partial charge in [0.15, 0.2) is 5.96 Å². The summed E-state index contributed by atoms with van der Waals surface area (Å²) < 4.78 is 32.1. The van der Waals surface area contributed by atoms with E-state index in [2.05, 4.69) is 20.3 Å². The fourth-order valence-electron chi connectivity index (χ4n) is 2.30. The van der Waals surface area contributed by atoms with Gasteiger partial charge in [-0.15, -0.1) is 0 Å². The topological polar surface area (TPSA) is 91.8 Å². The van der Waals surface area contributed by atoms with Gasteiger partial charge in [-0.05, 0) is 18.2 Å². The third-order valence-electron chi connectivity index (χ3n) is 3.63. The average molecular weight is 376 g/mol. The van der Waals surface area contributed by atoms with E-state index in [1.54, 1.807) is 44.5 Å². The van der Waals surface area contributed by atoms with E-state index < -0.39 is 10.0 Å². The number of benzene rings is 2. The summed E-state index contributed by atoms with van der Waals surface area (Å²) in [5, 5.41) is 6.24. The van der Waals surface area contributed by atoms with Crippen LogP contribution in [0.15, 0.2) is 64.5 Å². The zero-order chi connectivity index (χ0) is 18.8. The highest BCUT2D eigenvalue weighted by Gasteiger charge is 2.12. The minimum Gasteiger partial charge on any atom is -0.496 e. The lowest BCUT2D eigenvalue weighted by Gasteiger charge is -2.14. The Kier molecular flexibility index (Phi) is 7.43. The van der Waals surface area contributed by atoms with Gasteiger partial charge in [-0.2, -0.15) is 0 Å². The van der Waals surface area contributed by atoms with Crippen molar-refractivity contribution in [1.82, 2.24) is 15.4 Å². The van der Waals surface area contributed by atoms with Gasteiger partial charge in [0.1, 0.15) is 5.75 Å². The molecule has 0 aromatic heterocycles. The van der Waals surface area contributed by atoms with Crippen molar-refractivity contribution in [3.05, 3.63) is 60.2 Å². The minimum atomic E-state index is -3.50. The summed E-state index contributed by atoms with van der Waals surface area (Å²) in [5.74, 6) is 1.38. The highest BCUT2D eigenvalue weighted by molar-refractivity contribution is 7.89. The predicted octanol–water partition coefficient (Wildman–Crippen LogP) is 1.34. The second-order valence-corrected chi connectivity index (χ2v) is 7.14. The maximum Gasteiger partial charge on any atom is 0.240 e. The summed E-state index contributed by atoms with van der Waals surface area (Å²) in [6.07, 6.45) is 0. The van der Waals surface area contributed by atoms with Crippen LogP contribution in [0.1, 0.15) is 5.56 Å². The number of methoxy groups -OCH3 is 1. The van der Waals surface area contributed by atoms with Crippen LogP contribution >= 0.6 is 0 Å². The first-order chi connectivity index (χ1) is 12.6. The fourth-order valence-corrected chi connectivity index (χ4v) is 3.35. The second-order valence-electron chi connectivity index (χ2n) is 5.38. The van der Waals surface area contributed by atoms with Crippen LogP contribution in [0, 0.1) is 0 Å². The summed E-state index contributed by atoms with van der Waals surface area (Å²) in [7, 11) is -0.208. The SMILES string of the molecule is CN=C(NCCNS(=O)(=O)c1ccccc1)NCc1ccccc1OC. The summed E-state index contributed by atoms with van der Waals surface area (Å²) in [5.41, 5.74) is 1.00. The molecule has 7 nitrogen and oxygen atoms in total. The van der Waals surface area contributed by atoms with Crippen molar-refractivity contribution >= 4 is 16.0 Å². The van der Waals surface area contributed by atoms with Gasteiger partial charge in [0.05, 0.1) is 12.0 Å². The van der Waals surface area contributed by atoms with Gasteiger partial charge in [0, 0.05) is 32.2 Å². The van der Waals surface area contributed by atoms with Crippen LogP contribution in [0.2, 0.25) is 0 Å². The zero-order valence-electron chi connectivity index (χ0n) is 14.9. The number of rotatable bonds is 8. The van der Waals surface area contributed by atoms with Crippen molar-refractivity contribution in [2.45, 2.75) is 11.4 Å². The molecule has 0 aliphatic carbocycles. The van der Waals surface area contributed by atoms with Crippen molar-refractivity contribution in [3.8, 4) is 5.75 Å². The molecule has 26 heavy (non-hydrogen) atoms. The standard InChI is InChI=1S/C18H24N4O3S/c1-19-18(21-14-15-8-6-7-11-17(15)25-2)20-12-13-22-26(23,24)16-9-4-3-5-10-16/h3-11,22H,12-14H2,1-2H3,(H2,19,20,21). The number of nitrogens with zero attached hydrogens (tertiary/aromatic N) is 1. The molecule has 0 atom stereocenters. The Morgan fingerprint density at radius 1 is 1.00 bits per heavy atom. The molecule has 0 unspecified atom stereocenters.